The third-order valence-electron chi connectivity index (χ3n) is 3.23. The standard InChI is InChI=1S/C11H17NO2Si/c1-13-15(9-12,11-7-14-8-11)10-5-3-2-4-6-10/h2-6,11H,7-9,12H2,1H3. The second kappa shape index (κ2) is 4.45. The van der Waals surface area contributed by atoms with Gasteiger partial charge in [-0.1, -0.05) is 30.3 Å². The van der Waals surface area contributed by atoms with Crippen molar-refractivity contribution < 1.29 is 9.16 Å². The van der Waals surface area contributed by atoms with Crippen LogP contribution in [0, 0.1) is 0 Å². The Kier molecular flexibility index (Phi) is 3.21. The highest BCUT2D eigenvalue weighted by atomic mass is 28.4. The van der Waals surface area contributed by atoms with Crippen LogP contribution in [0.3, 0.4) is 0 Å². The summed E-state index contributed by atoms with van der Waals surface area (Å²) in [6, 6.07) is 10.4. The van der Waals surface area contributed by atoms with Crippen molar-refractivity contribution in [3.05, 3.63) is 30.3 Å². The van der Waals surface area contributed by atoms with Crippen molar-refractivity contribution in [2.45, 2.75) is 5.54 Å². The van der Waals surface area contributed by atoms with Gasteiger partial charge in [-0.2, -0.15) is 0 Å². The van der Waals surface area contributed by atoms with E-state index in [-0.39, 0.29) is 0 Å². The fourth-order valence-electron chi connectivity index (χ4n) is 2.11. The van der Waals surface area contributed by atoms with Crippen LogP contribution >= 0.6 is 0 Å². The Hall–Kier alpha value is -0.683. The number of nitrogens with two attached hydrogens (primary N) is 1. The third kappa shape index (κ3) is 1.74. The SMILES string of the molecule is CO[Si](CN)(c1ccccc1)C1COC1. The second-order valence-corrected chi connectivity index (χ2v) is 7.89. The van der Waals surface area contributed by atoms with E-state index < -0.39 is 8.32 Å². The molecule has 2 N–H and O–H groups in total. The predicted octanol–water partition coefficient (Wildman–Crippen LogP) is 0.384. The molecule has 1 unspecified atom stereocenters. The Morgan fingerprint density at radius 3 is 2.47 bits per heavy atom. The molecule has 0 saturated carbocycles. The van der Waals surface area contributed by atoms with Gasteiger partial charge >= 0.3 is 0 Å². The normalized spacial score (nSPS) is 20.7. The van der Waals surface area contributed by atoms with E-state index in [2.05, 4.69) is 12.1 Å². The molecule has 0 radical (unpaired) electrons. The number of ether oxygens (including phenoxy) is 1. The van der Waals surface area contributed by atoms with Gasteiger partial charge in [0.15, 0.2) is 0 Å². The Morgan fingerprint density at radius 1 is 1.40 bits per heavy atom. The van der Waals surface area contributed by atoms with Crippen LogP contribution in [-0.2, 0) is 9.16 Å². The van der Waals surface area contributed by atoms with E-state index in [4.69, 9.17) is 14.9 Å². The van der Waals surface area contributed by atoms with E-state index >= 15 is 0 Å². The molecule has 1 fully saturated rings. The molecular weight excluding hydrogens is 206 g/mol. The first-order valence-electron chi connectivity index (χ1n) is 5.22. The summed E-state index contributed by atoms with van der Waals surface area (Å²) >= 11 is 0. The molecule has 82 valence electrons. The lowest BCUT2D eigenvalue weighted by atomic mass is 10.4. The molecule has 0 aliphatic carbocycles. The van der Waals surface area contributed by atoms with Crippen LogP contribution in [0.5, 0.6) is 0 Å². The van der Waals surface area contributed by atoms with E-state index in [1.54, 1.807) is 7.11 Å². The predicted molar refractivity (Wildman–Crippen MR) is 62.5 cm³/mol. The zero-order valence-electron chi connectivity index (χ0n) is 8.98. The quantitative estimate of drug-likeness (QED) is 0.751. The summed E-state index contributed by atoms with van der Waals surface area (Å²) in [6.45, 7) is 1.60. The van der Waals surface area contributed by atoms with Gasteiger partial charge in [-0.3, -0.25) is 0 Å². The molecule has 0 bridgehead atoms. The second-order valence-electron chi connectivity index (χ2n) is 3.90. The zero-order valence-corrected chi connectivity index (χ0v) is 9.98. The minimum atomic E-state index is -1.98. The molecule has 4 heteroatoms. The topological polar surface area (TPSA) is 44.5 Å². The molecule has 1 aromatic carbocycles. The van der Waals surface area contributed by atoms with Gasteiger partial charge in [0.1, 0.15) is 0 Å². The molecule has 1 heterocycles. The summed E-state index contributed by atoms with van der Waals surface area (Å²) in [5, 5.41) is 1.28. The Balaban J connectivity index is 2.32. The number of hydrogen-bond acceptors (Lipinski definition) is 3. The van der Waals surface area contributed by atoms with Gasteiger partial charge in [0.25, 0.3) is 0 Å². The fraction of sp³-hybridized carbons (Fsp3) is 0.455. The largest absolute Gasteiger partial charge is 0.414 e. The van der Waals surface area contributed by atoms with E-state index in [0.29, 0.717) is 11.7 Å². The lowest BCUT2D eigenvalue weighted by molar-refractivity contribution is 0.0270. The summed E-state index contributed by atoms with van der Waals surface area (Å²) < 4.78 is 11.1. The number of hydrogen-bond donors (Lipinski definition) is 1. The van der Waals surface area contributed by atoms with Crippen molar-refractivity contribution in [1.82, 2.24) is 0 Å². The van der Waals surface area contributed by atoms with Gasteiger partial charge in [0.05, 0.1) is 13.2 Å². The van der Waals surface area contributed by atoms with Crippen LogP contribution < -0.4 is 10.9 Å². The van der Waals surface area contributed by atoms with Crippen LogP contribution in [0.15, 0.2) is 30.3 Å². The molecular formula is C11H17NO2Si. The summed E-state index contributed by atoms with van der Waals surface area (Å²) in [5.41, 5.74) is 6.45. The lowest BCUT2D eigenvalue weighted by Gasteiger charge is -2.41. The Labute approximate surface area is 91.3 Å². The van der Waals surface area contributed by atoms with Crippen molar-refractivity contribution in [3.8, 4) is 0 Å². The van der Waals surface area contributed by atoms with Gasteiger partial charge in [-0.05, 0) is 5.19 Å². The van der Waals surface area contributed by atoms with Gasteiger partial charge in [0.2, 0.25) is 8.32 Å². The van der Waals surface area contributed by atoms with Crippen molar-refractivity contribution in [1.29, 1.82) is 0 Å². The van der Waals surface area contributed by atoms with Gasteiger partial charge in [-0.15, -0.1) is 0 Å². The molecule has 1 aromatic rings. The van der Waals surface area contributed by atoms with E-state index in [9.17, 15) is 0 Å². The molecule has 1 atom stereocenters. The zero-order chi connectivity index (χ0) is 10.7. The van der Waals surface area contributed by atoms with E-state index in [1.165, 1.54) is 5.19 Å². The van der Waals surface area contributed by atoms with Crippen LogP contribution in [-0.4, -0.2) is 34.8 Å². The number of benzene rings is 1. The number of rotatable bonds is 4. The van der Waals surface area contributed by atoms with E-state index in [1.807, 2.05) is 18.2 Å². The van der Waals surface area contributed by atoms with Gasteiger partial charge < -0.3 is 14.9 Å². The molecule has 1 aliphatic rings. The fourth-order valence-corrected chi connectivity index (χ4v) is 5.42. The smallest absolute Gasteiger partial charge is 0.244 e. The minimum absolute atomic E-state index is 0.509. The molecule has 1 aliphatic heterocycles. The van der Waals surface area contributed by atoms with Crippen LogP contribution in [0.2, 0.25) is 5.54 Å². The highest BCUT2D eigenvalue weighted by molar-refractivity contribution is 6.88. The molecule has 15 heavy (non-hydrogen) atoms. The monoisotopic (exact) mass is 223 g/mol. The highest BCUT2D eigenvalue weighted by Crippen LogP contribution is 2.29. The molecule has 0 amide bonds. The molecule has 3 nitrogen and oxygen atoms in total. The first-order chi connectivity index (χ1) is 7.33. The third-order valence-corrected chi connectivity index (χ3v) is 7.53. The summed E-state index contributed by atoms with van der Waals surface area (Å²) in [7, 11) is -0.201. The maximum absolute atomic E-state index is 5.94. The van der Waals surface area contributed by atoms with Crippen LogP contribution in [0.4, 0.5) is 0 Å². The summed E-state index contributed by atoms with van der Waals surface area (Å²) in [6.07, 6.45) is 0.627. The van der Waals surface area contributed by atoms with Crippen molar-refractivity contribution in [3.63, 3.8) is 0 Å². The van der Waals surface area contributed by atoms with Gasteiger partial charge in [0, 0.05) is 18.8 Å². The molecule has 2 rings (SSSR count). The first kappa shape index (κ1) is 10.8. The minimum Gasteiger partial charge on any atom is -0.414 e. The van der Waals surface area contributed by atoms with Crippen LogP contribution in [0.1, 0.15) is 0 Å². The van der Waals surface area contributed by atoms with E-state index in [0.717, 1.165) is 13.2 Å². The summed E-state index contributed by atoms with van der Waals surface area (Å²) in [4.78, 5) is 0. The van der Waals surface area contributed by atoms with Crippen molar-refractivity contribution in [2.24, 2.45) is 5.73 Å². The molecule has 0 aromatic heterocycles. The summed E-state index contributed by atoms with van der Waals surface area (Å²) in [5.74, 6) is 0. The van der Waals surface area contributed by atoms with Gasteiger partial charge in [-0.25, -0.2) is 0 Å². The van der Waals surface area contributed by atoms with Crippen molar-refractivity contribution >= 4 is 13.5 Å². The average Bonchev–Trinajstić information content (AvgIpc) is 2.24. The molecule has 1 saturated heterocycles. The lowest BCUT2D eigenvalue weighted by Crippen LogP contribution is -2.64. The maximum Gasteiger partial charge on any atom is 0.244 e. The maximum atomic E-state index is 5.94. The first-order valence-corrected chi connectivity index (χ1v) is 7.41. The Morgan fingerprint density at radius 2 is 2.07 bits per heavy atom. The average molecular weight is 223 g/mol. The van der Waals surface area contributed by atoms with Crippen LogP contribution in [0.25, 0.3) is 0 Å². The highest BCUT2D eigenvalue weighted by Gasteiger charge is 2.47. The Bertz CT molecular complexity index is 310. The molecule has 0 spiro atoms. The van der Waals surface area contributed by atoms with Crippen molar-refractivity contribution in [2.75, 3.05) is 26.5 Å².